The zero-order valence-corrected chi connectivity index (χ0v) is 9.89. The Kier molecular flexibility index (Phi) is 2.74. The second kappa shape index (κ2) is 4.37. The lowest BCUT2D eigenvalue weighted by Gasteiger charge is -2.26. The van der Waals surface area contributed by atoms with Crippen LogP contribution in [0.5, 0.6) is 0 Å². The standard InChI is InChI=1S/C12H15N3S/c1-2-4-11-9(3-1)10(5-8-16-11)15-12-13-6-7-14-12/h1-4,10H,5-8H2,(H2,13,14,15). The Labute approximate surface area is 99.7 Å². The fourth-order valence-electron chi connectivity index (χ4n) is 2.15. The van der Waals surface area contributed by atoms with Gasteiger partial charge in [0.2, 0.25) is 0 Å². The third kappa shape index (κ3) is 1.89. The largest absolute Gasteiger partial charge is 0.355 e. The first kappa shape index (κ1) is 10.0. The molecule has 1 aromatic rings. The van der Waals surface area contributed by atoms with E-state index in [1.165, 1.54) is 22.6 Å². The number of rotatable bonds is 1. The highest BCUT2D eigenvalue weighted by Gasteiger charge is 2.21. The van der Waals surface area contributed by atoms with E-state index in [9.17, 15) is 0 Å². The quantitative estimate of drug-likeness (QED) is 0.776. The second-order valence-corrected chi connectivity index (χ2v) is 5.17. The van der Waals surface area contributed by atoms with Gasteiger partial charge < -0.3 is 10.6 Å². The van der Waals surface area contributed by atoms with E-state index in [1.54, 1.807) is 0 Å². The SMILES string of the molecule is c1ccc2c(c1)SCCC2NC1=NCCN1. The van der Waals surface area contributed by atoms with Crippen molar-refractivity contribution < 1.29 is 0 Å². The lowest BCUT2D eigenvalue weighted by atomic mass is 10.0. The molecule has 0 saturated heterocycles. The molecular weight excluding hydrogens is 218 g/mol. The monoisotopic (exact) mass is 233 g/mol. The first-order valence-corrected chi connectivity index (χ1v) is 6.68. The molecule has 0 bridgehead atoms. The third-order valence-electron chi connectivity index (χ3n) is 2.94. The van der Waals surface area contributed by atoms with Gasteiger partial charge in [0.25, 0.3) is 0 Å². The van der Waals surface area contributed by atoms with Crippen molar-refractivity contribution in [2.24, 2.45) is 4.99 Å². The molecular formula is C12H15N3S. The Morgan fingerprint density at radius 1 is 1.38 bits per heavy atom. The molecule has 3 nitrogen and oxygen atoms in total. The number of hydrogen-bond acceptors (Lipinski definition) is 4. The van der Waals surface area contributed by atoms with Gasteiger partial charge in [-0.3, -0.25) is 4.99 Å². The van der Waals surface area contributed by atoms with E-state index in [1.807, 2.05) is 11.8 Å². The van der Waals surface area contributed by atoms with Crippen LogP contribution in [0, 0.1) is 0 Å². The summed E-state index contributed by atoms with van der Waals surface area (Å²) in [5.41, 5.74) is 1.41. The fraction of sp³-hybridized carbons (Fsp3) is 0.417. The number of aliphatic imine (C=N–C) groups is 1. The van der Waals surface area contributed by atoms with Crippen molar-refractivity contribution >= 4 is 17.7 Å². The van der Waals surface area contributed by atoms with Crippen LogP contribution in [0.2, 0.25) is 0 Å². The van der Waals surface area contributed by atoms with E-state index in [0.717, 1.165) is 19.0 Å². The Balaban J connectivity index is 1.81. The minimum atomic E-state index is 0.418. The maximum absolute atomic E-state index is 4.39. The fourth-order valence-corrected chi connectivity index (χ4v) is 3.28. The summed E-state index contributed by atoms with van der Waals surface area (Å²) in [6.07, 6.45) is 1.17. The van der Waals surface area contributed by atoms with Crippen LogP contribution in [0.25, 0.3) is 0 Å². The molecule has 4 heteroatoms. The van der Waals surface area contributed by atoms with Gasteiger partial charge >= 0.3 is 0 Å². The van der Waals surface area contributed by atoms with Crippen LogP contribution < -0.4 is 10.6 Å². The summed E-state index contributed by atoms with van der Waals surface area (Å²) in [4.78, 5) is 5.80. The molecule has 0 aliphatic carbocycles. The average Bonchev–Trinajstić information content (AvgIpc) is 2.82. The number of fused-ring (bicyclic) bond motifs is 1. The number of thioether (sulfide) groups is 1. The predicted octanol–water partition coefficient (Wildman–Crippen LogP) is 1.77. The molecule has 0 fully saturated rings. The molecule has 2 aliphatic heterocycles. The molecule has 84 valence electrons. The molecule has 1 aromatic carbocycles. The molecule has 0 spiro atoms. The number of benzene rings is 1. The molecule has 0 amide bonds. The van der Waals surface area contributed by atoms with E-state index in [4.69, 9.17) is 0 Å². The van der Waals surface area contributed by atoms with Gasteiger partial charge in [0.15, 0.2) is 5.96 Å². The van der Waals surface area contributed by atoms with Crippen LogP contribution >= 0.6 is 11.8 Å². The normalized spacial score (nSPS) is 23.2. The topological polar surface area (TPSA) is 36.4 Å². The van der Waals surface area contributed by atoms with Crippen molar-refractivity contribution in [1.29, 1.82) is 0 Å². The highest BCUT2D eigenvalue weighted by atomic mass is 32.2. The highest BCUT2D eigenvalue weighted by molar-refractivity contribution is 7.99. The third-order valence-corrected chi connectivity index (χ3v) is 4.07. The zero-order valence-electron chi connectivity index (χ0n) is 9.07. The van der Waals surface area contributed by atoms with Crippen LogP contribution in [0.1, 0.15) is 18.0 Å². The Morgan fingerprint density at radius 2 is 2.31 bits per heavy atom. The van der Waals surface area contributed by atoms with E-state index >= 15 is 0 Å². The van der Waals surface area contributed by atoms with E-state index in [0.29, 0.717) is 6.04 Å². The molecule has 0 radical (unpaired) electrons. The summed E-state index contributed by atoms with van der Waals surface area (Å²) in [5.74, 6) is 2.15. The molecule has 16 heavy (non-hydrogen) atoms. The summed E-state index contributed by atoms with van der Waals surface area (Å²) in [5, 5.41) is 6.77. The van der Waals surface area contributed by atoms with Crippen LogP contribution in [0.15, 0.2) is 34.2 Å². The number of hydrogen-bond donors (Lipinski definition) is 2. The minimum Gasteiger partial charge on any atom is -0.355 e. The van der Waals surface area contributed by atoms with Gasteiger partial charge in [-0.1, -0.05) is 18.2 Å². The molecule has 3 rings (SSSR count). The van der Waals surface area contributed by atoms with E-state index in [2.05, 4.69) is 39.9 Å². The molecule has 2 N–H and O–H groups in total. The highest BCUT2D eigenvalue weighted by Crippen LogP contribution is 2.35. The first-order chi connectivity index (χ1) is 7.93. The van der Waals surface area contributed by atoms with Crippen molar-refractivity contribution in [3.8, 4) is 0 Å². The Morgan fingerprint density at radius 3 is 3.19 bits per heavy atom. The summed E-state index contributed by atoms with van der Waals surface area (Å²) in [6, 6.07) is 9.07. The first-order valence-electron chi connectivity index (χ1n) is 5.70. The van der Waals surface area contributed by atoms with Gasteiger partial charge in [-0.05, 0) is 18.1 Å². The van der Waals surface area contributed by atoms with Crippen LogP contribution in [0.4, 0.5) is 0 Å². The van der Waals surface area contributed by atoms with Gasteiger partial charge in [0.05, 0.1) is 12.6 Å². The van der Waals surface area contributed by atoms with Crippen LogP contribution in [0.3, 0.4) is 0 Å². The van der Waals surface area contributed by atoms with Gasteiger partial charge in [-0.15, -0.1) is 11.8 Å². The van der Waals surface area contributed by atoms with E-state index < -0.39 is 0 Å². The summed E-state index contributed by atoms with van der Waals surface area (Å²) in [6.45, 7) is 1.86. The lowest BCUT2D eigenvalue weighted by molar-refractivity contribution is 0.603. The van der Waals surface area contributed by atoms with Crippen molar-refractivity contribution in [3.05, 3.63) is 29.8 Å². The summed E-state index contributed by atoms with van der Waals surface area (Å²) in [7, 11) is 0. The predicted molar refractivity (Wildman–Crippen MR) is 68.0 cm³/mol. The smallest absolute Gasteiger partial charge is 0.191 e. The molecule has 0 aromatic heterocycles. The zero-order chi connectivity index (χ0) is 10.8. The van der Waals surface area contributed by atoms with Crippen molar-refractivity contribution in [1.82, 2.24) is 10.6 Å². The minimum absolute atomic E-state index is 0.418. The molecule has 1 unspecified atom stereocenters. The van der Waals surface area contributed by atoms with Gasteiger partial charge in [-0.2, -0.15) is 0 Å². The molecule has 2 aliphatic rings. The van der Waals surface area contributed by atoms with Gasteiger partial charge in [0.1, 0.15) is 0 Å². The van der Waals surface area contributed by atoms with E-state index in [-0.39, 0.29) is 0 Å². The number of guanidine groups is 1. The van der Waals surface area contributed by atoms with Crippen molar-refractivity contribution in [3.63, 3.8) is 0 Å². The van der Waals surface area contributed by atoms with Gasteiger partial charge in [0, 0.05) is 17.2 Å². The number of nitrogens with one attached hydrogen (secondary N) is 2. The van der Waals surface area contributed by atoms with Crippen molar-refractivity contribution in [2.45, 2.75) is 17.4 Å². The maximum Gasteiger partial charge on any atom is 0.191 e. The average molecular weight is 233 g/mol. The Hall–Kier alpha value is -1.16. The van der Waals surface area contributed by atoms with Gasteiger partial charge in [-0.25, -0.2) is 0 Å². The maximum atomic E-state index is 4.39. The van der Waals surface area contributed by atoms with Crippen molar-refractivity contribution in [2.75, 3.05) is 18.8 Å². The van der Waals surface area contributed by atoms with Crippen LogP contribution in [-0.2, 0) is 0 Å². The summed E-state index contributed by atoms with van der Waals surface area (Å²) < 4.78 is 0. The Bertz CT molecular complexity index is 416. The lowest BCUT2D eigenvalue weighted by Crippen LogP contribution is -2.37. The summed E-state index contributed by atoms with van der Waals surface area (Å²) >= 11 is 1.95. The van der Waals surface area contributed by atoms with Crippen LogP contribution in [-0.4, -0.2) is 24.8 Å². The molecule has 1 atom stereocenters. The molecule has 2 heterocycles. The molecule has 0 saturated carbocycles. The number of nitrogens with zero attached hydrogens (tertiary/aromatic N) is 1. The second-order valence-electron chi connectivity index (χ2n) is 4.03.